The molecule has 6 heteroatoms. The van der Waals surface area contributed by atoms with Crippen molar-refractivity contribution in [1.29, 1.82) is 0 Å². The van der Waals surface area contributed by atoms with Crippen LogP contribution in [0.25, 0.3) is 0 Å². The van der Waals surface area contributed by atoms with Crippen LogP contribution in [0, 0.1) is 0 Å². The lowest BCUT2D eigenvalue weighted by molar-refractivity contribution is 0.0687. The van der Waals surface area contributed by atoms with Crippen molar-refractivity contribution in [2.45, 2.75) is 0 Å². The van der Waals surface area contributed by atoms with Crippen LogP contribution in [0.15, 0.2) is 41.0 Å². The molecule has 4 nitrogen and oxygen atoms in total. The molecule has 2 rings (SSSR count). The number of hydrogen-bond donors (Lipinski definition) is 1. The summed E-state index contributed by atoms with van der Waals surface area (Å²) < 4.78 is 6.14. The minimum Gasteiger partial charge on any atom is -0.476 e. The van der Waals surface area contributed by atoms with Crippen LogP contribution in [0.3, 0.4) is 0 Å². The fraction of sp³-hybridized carbons (Fsp3) is 0. The van der Waals surface area contributed by atoms with Crippen LogP contribution in [0.4, 0.5) is 0 Å². The minimum atomic E-state index is -1.14. The first-order valence-corrected chi connectivity index (χ1v) is 6.06. The Hall–Kier alpha value is -1.59. The molecule has 0 aliphatic carbocycles. The van der Waals surface area contributed by atoms with Gasteiger partial charge in [0.15, 0.2) is 11.4 Å². The predicted molar refractivity (Wildman–Crippen MR) is 70.4 cm³/mol. The molecule has 2 aromatic rings. The smallest absolute Gasteiger partial charge is 0.358 e. The monoisotopic (exact) mass is 327 g/mol. The normalized spacial score (nSPS) is 10.1. The molecule has 1 heterocycles. The number of ether oxygens (including phenoxy) is 1. The Morgan fingerprint density at radius 1 is 1.33 bits per heavy atom. The third-order valence-electron chi connectivity index (χ3n) is 2.09. The van der Waals surface area contributed by atoms with Gasteiger partial charge in [-0.05, 0) is 46.3 Å². The summed E-state index contributed by atoms with van der Waals surface area (Å²) in [4.78, 5) is 14.7. The zero-order valence-electron chi connectivity index (χ0n) is 8.93. The second kappa shape index (κ2) is 5.37. The lowest BCUT2D eigenvalue weighted by Crippen LogP contribution is -2.02. The topological polar surface area (TPSA) is 59.4 Å². The molecular weight excluding hydrogens is 321 g/mol. The third-order valence-corrected chi connectivity index (χ3v) is 2.94. The number of carboxylic acid groups (broad SMARTS) is 1. The van der Waals surface area contributed by atoms with E-state index in [1.54, 1.807) is 24.3 Å². The highest BCUT2D eigenvalue weighted by Gasteiger charge is 2.14. The van der Waals surface area contributed by atoms with E-state index in [-0.39, 0.29) is 11.4 Å². The van der Waals surface area contributed by atoms with Gasteiger partial charge in [0.05, 0.1) is 4.47 Å². The maximum absolute atomic E-state index is 11.0. The highest BCUT2D eigenvalue weighted by Crippen LogP contribution is 2.32. The molecule has 0 aliphatic heterocycles. The van der Waals surface area contributed by atoms with Crippen molar-refractivity contribution < 1.29 is 14.6 Å². The molecular formula is C12H7BrClNO3. The highest BCUT2D eigenvalue weighted by atomic mass is 79.9. The van der Waals surface area contributed by atoms with Gasteiger partial charge in [-0.15, -0.1) is 0 Å². The van der Waals surface area contributed by atoms with E-state index >= 15 is 0 Å². The molecule has 18 heavy (non-hydrogen) atoms. The second-order valence-electron chi connectivity index (χ2n) is 3.33. The number of benzene rings is 1. The molecule has 0 aliphatic rings. The van der Waals surface area contributed by atoms with Crippen molar-refractivity contribution >= 4 is 33.5 Å². The number of nitrogens with zero attached hydrogens (tertiary/aromatic N) is 1. The van der Waals surface area contributed by atoms with Gasteiger partial charge < -0.3 is 9.84 Å². The largest absolute Gasteiger partial charge is 0.476 e. The molecule has 0 saturated heterocycles. The number of carbonyl (C=O) groups is 1. The molecule has 0 unspecified atom stereocenters. The number of aromatic carboxylic acids is 1. The Bertz CT molecular complexity index is 604. The van der Waals surface area contributed by atoms with Gasteiger partial charge in [-0.1, -0.05) is 11.6 Å². The van der Waals surface area contributed by atoms with Gasteiger partial charge in [-0.25, -0.2) is 9.78 Å². The molecule has 0 amide bonds. The van der Waals surface area contributed by atoms with Crippen molar-refractivity contribution in [1.82, 2.24) is 4.98 Å². The zero-order chi connectivity index (χ0) is 13.1. The third kappa shape index (κ3) is 2.80. The van der Waals surface area contributed by atoms with Crippen molar-refractivity contribution in [2.24, 2.45) is 0 Å². The summed E-state index contributed by atoms with van der Waals surface area (Å²) in [6, 6.07) is 8.10. The summed E-state index contributed by atoms with van der Waals surface area (Å²) in [6.07, 6.45) is 1.40. The van der Waals surface area contributed by atoms with Crippen LogP contribution in [0.2, 0.25) is 5.02 Å². The van der Waals surface area contributed by atoms with E-state index < -0.39 is 5.97 Å². The van der Waals surface area contributed by atoms with E-state index in [1.807, 2.05) is 0 Å². The maximum atomic E-state index is 11.0. The van der Waals surface area contributed by atoms with E-state index in [0.29, 0.717) is 15.2 Å². The molecule has 1 N–H and O–H groups in total. The van der Waals surface area contributed by atoms with Gasteiger partial charge in [0, 0.05) is 11.2 Å². The number of hydrogen-bond acceptors (Lipinski definition) is 3. The predicted octanol–water partition coefficient (Wildman–Crippen LogP) is 3.99. The minimum absolute atomic E-state index is 0.139. The summed E-state index contributed by atoms with van der Waals surface area (Å²) >= 11 is 9.10. The molecule has 0 spiro atoms. The van der Waals surface area contributed by atoms with E-state index in [2.05, 4.69) is 20.9 Å². The number of rotatable bonds is 3. The first-order chi connectivity index (χ1) is 8.58. The molecule has 0 radical (unpaired) electrons. The summed E-state index contributed by atoms with van der Waals surface area (Å²) in [5, 5.41) is 9.54. The van der Waals surface area contributed by atoms with Crippen LogP contribution < -0.4 is 4.74 Å². The first kappa shape index (κ1) is 12.9. The van der Waals surface area contributed by atoms with E-state index in [1.165, 1.54) is 12.3 Å². The maximum Gasteiger partial charge on any atom is 0.358 e. The van der Waals surface area contributed by atoms with Crippen LogP contribution >= 0.6 is 27.5 Å². The van der Waals surface area contributed by atoms with Gasteiger partial charge in [0.25, 0.3) is 0 Å². The SMILES string of the molecule is O=C(O)c1ncccc1Oc1ccc(Cl)cc1Br. The Balaban J connectivity index is 2.37. The summed E-state index contributed by atoms with van der Waals surface area (Å²) in [6.45, 7) is 0. The molecule has 1 aromatic carbocycles. The summed E-state index contributed by atoms with van der Waals surface area (Å²) in [5.74, 6) is -0.501. The van der Waals surface area contributed by atoms with Gasteiger partial charge in [-0.2, -0.15) is 0 Å². The van der Waals surface area contributed by atoms with Gasteiger partial charge >= 0.3 is 5.97 Å². The van der Waals surface area contributed by atoms with E-state index in [0.717, 1.165) is 0 Å². The second-order valence-corrected chi connectivity index (χ2v) is 4.62. The average Bonchev–Trinajstić information content (AvgIpc) is 2.33. The molecule has 0 atom stereocenters. The van der Waals surface area contributed by atoms with Gasteiger partial charge in [0.2, 0.25) is 0 Å². The fourth-order valence-electron chi connectivity index (χ4n) is 1.31. The van der Waals surface area contributed by atoms with Crippen LogP contribution in [-0.2, 0) is 0 Å². The van der Waals surface area contributed by atoms with Gasteiger partial charge in [0.1, 0.15) is 5.75 Å². The quantitative estimate of drug-likeness (QED) is 0.925. The van der Waals surface area contributed by atoms with Crippen LogP contribution in [0.1, 0.15) is 10.5 Å². The standard InChI is InChI=1S/C12H7BrClNO3/c13-8-6-7(14)3-4-9(8)18-10-2-1-5-15-11(10)12(16)17/h1-6H,(H,16,17). The van der Waals surface area contributed by atoms with Crippen LogP contribution in [-0.4, -0.2) is 16.1 Å². The Morgan fingerprint density at radius 3 is 2.78 bits per heavy atom. The van der Waals surface area contributed by atoms with Crippen molar-refractivity contribution in [2.75, 3.05) is 0 Å². The molecule has 92 valence electrons. The molecule has 1 aromatic heterocycles. The summed E-state index contributed by atoms with van der Waals surface area (Å²) in [7, 11) is 0. The van der Waals surface area contributed by atoms with Crippen molar-refractivity contribution in [3.8, 4) is 11.5 Å². The zero-order valence-corrected chi connectivity index (χ0v) is 11.3. The summed E-state index contributed by atoms with van der Waals surface area (Å²) in [5.41, 5.74) is -0.139. The first-order valence-electron chi connectivity index (χ1n) is 4.89. The Morgan fingerprint density at radius 2 is 2.11 bits per heavy atom. The molecule has 0 bridgehead atoms. The Labute approximate surface area is 116 Å². The molecule has 0 saturated carbocycles. The number of carboxylic acids is 1. The Kier molecular flexibility index (Phi) is 3.84. The lowest BCUT2D eigenvalue weighted by atomic mass is 10.3. The van der Waals surface area contributed by atoms with E-state index in [9.17, 15) is 4.79 Å². The fourth-order valence-corrected chi connectivity index (χ4v) is 2.07. The average molecular weight is 329 g/mol. The lowest BCUT2D eigenvalue weighted by Gasteiger charge is -2.09. The van der Waals surface area contributed by atoms with Crippen LogP contribution in [0.5, 0.6) is 11.5 Å². The number of pyridine rings is 1. The van der Waals surface area contributed by atoms with Crippen molar-refractivity contribution in [3.63, 3.8) is 0 Å². The molecule has 0 fully saturated rings. The number of halogens is 2. The number of aromatic nitrogens is 1. The van der Waals surface area contributed by atoms with Crippen molar-refractivity contribution in [3.05, 3.63) is 51.7 Å². The highest BCUT2D eigenvalue weighted by molar-refractivity contribution is 9.10. The van der Waals surface area contributed by atoms with Gasteiger partial charge in [-0.3, -0.25) is 0 Å². The van der Waals surface area contributed by atoms with E-state index in [4.69, 9.17) is 21.4 Å².